The first-order valence-corrected chi connectivity index (χ1v) is 9.07. The lowest BCUT2D eigenvalue weighted by Crippen LogP contribution is -2.18. The molecule has 3 rings (SSSR count). The van der Waals surface area contributed by atoms with Gasteiger partial charge in [0.05, 0.1) is 15.2 Å². The molecule has 0 amide bonds. The Bertz CT molecular complexity index is 602. The molecule has 0 bridgehead atoms. The third-order valence-electron chi connectivity index (χ3n) is 4.82. The summed E-state index contributed by atoms with van der Waals surface area (Å²) < 4.78 is 1.30. The zero-order chi connectivity index (χ0) is 14.8. The normalized spacial score (nSPS) is 23.4. The van der Waals surface area contributed by atoms with Gasteiger partial charge in [0, 0.05) is 11.7 Å². The van der Waals surface area contributed by atoms with Gasteiger partial charge in [-0.25, -0.2) is 4.98 Å². The summed E-state index contributed by atoms with van der Waals surface area (Å²) >= 11 is 1.79. The van der Waals surface area contributed by atoms with Crippen LogP contribution in [-0.2, 0) is 0 Å². The minimum atomic E-state index is 0.639. The fraction of sp³-hybridized carbons (Fsp3) is 0.611. The molecule has 114 valence electrons. The van der Waals surface area contributed by atoms with Crippen molar-refractivity contribution < 1.29 is 0 Å². The van der Waals surface area contributed by atoms with E-state index in [0.29, 0.717) is 6.04 Å². The molecule has 0 spiro atoms. The van der Waals surface area contributed by atoms with E-state index >= 15 is 0 Å². The van der Waals surface area contributed by atoms with Crippen molar-refractivity contribution in [2.45, 2.75) is 58.9 Å². The van der Waals surface area contributed by atoms with Crippen molar-refractivity contribution in [3.8, 4) is 0 Å². The second-order valence-corrected chi connectivity index (χ2v) is 8.00. The molecule has 1 aromatic carbocycles. The molecule has 0 saturated heterocycles. The summed E-state index contributed by atoms with van der Waals surface area (Å²) in [5.74, 6) is 1.75. The average Bonchev–Trinajstić information content (AvgIpc) is 2.65. The van der Waals surface area contributed by atoms with Gasteiger partial charge in [0.2, 0.25) is 0 Å². The summed E-state index contributed by atoms with van der Waals surface area (Å²) in [4.78, 5) is 4.54. The van der Waals surface area contributed by atoms with Crippen LogP contribution < -0.4 is 5.32 Å². The Labute approximate surface area is 132 Å². The molecule has 1 heterocycles. The molecule has 2 aromatic rings. The Kier molecular flexibility index (Phi) is 4.48. The van der Waals surface area contributed by atoms with Gasteiger partial charge in [-0.3, -0.25) is 0 Å². The second-order valence-electron chi connectivity index (χ2n) is 6.77. The number of thiazole rings is 1. The molecule has 1 fully saturated rings. The van der Waals surface area contributed by atoms with Crippen molar-refractivity contribution in [3.05, 3.63) is 23.2 Å². The number of anilines is 1. The Hall–Kier alpha value is -1.09. The van der Waals surface area contributed by atoms with Crippen molar-refractivity contribution in [2.24, 2.45) is 11.8 Å². The molecule has 1 aromatic heterocycles. The van der Waals surface area contributed by atoms with Crippen LogP contribution in [0.1, 0.15) is 51.0 Å². The monoisotopic (exact) mass is 302 g/mol. The van der Waals surface area contributed by atoms with Gasteiger partial charge in [-0.2, -0.15) is 0 Å². The van der Waals surface area contributed by atoms with Crippen molar-refractivity contribution in [3.63, 3.8) is 0 Å². The van der Waals surface area contributed by atoms with Crippen LogP contribution in [0.2, 0.25) is 0 Å². The number of nitrogens with one attached hydrogen (secondary N) is 1. The molecule has 1 aliphatic rings. The molecule has 21 heavy (non-hydrogen) atoms. The lowest BCUT2D eigenvalue weighted by Gasteiger charge is -2.19. The number of nitrogens with zero attached hydrogens (tertiary/aromatic N) is 1. The highest BCUT2D eigenvalue weighted by atomic mass is 32.1. The van der Waals surface area contributed by atoms with Gasteiger partial charge in [0.1, 0.15) is 0 Å². The van der Waals surface area contributed by atoms with Crippen LogP contribution in [0.25, 0.3) is 10.2 Å². The van der Waals surface area contributed by atoms with E-state index in [0.717, 1.165) is 22.4 Å². The number of hydrogen-bond donors (Lipinski definition) is 1. The number of aryl methyl sites for hydroxylation is 1. The smallest absolute Gasteiger partial charge is 0.0907 e. The Balaban J connectivity index is 1.67. The maximum Gasteiger partial charge on any atom is 0.0907 e. The zero-order valence-electron chi connectivity index (χ0n) is 13.4. The highest BCUT2D eigenvalue weighted by Gasteiger charge is 2.20. The summed E-state index contributed by atoms with van der Waals surface area (Å²) in [7, 11) is 0. The van der Waals surface area contributed by atoms with Crippen LogP contribution in [0.5, 0.6) is 0 Å². The fourth-order valence-electron chi connectivity index (χ4n) is 3.51. The van der Waals surface area contributed by atoms with Crippen LogP contribution in [0, 0.1) is 18.8 Å². The second kappa shape index (κ2) is 6.35. The summed E-state index contributed by atoms with van der Waals surface area (Å²) in [5, 5.41) is 4.91. The highest BCUT2D eigenvalue weighted by Crippen LogP contribution is 2.31. The first-order valence-electron chi connectivity index (χ1n) is 8.25. The minimum Gasteiger partial charge on any atom is -0.382 e. The molecule has 2 unspecified atom stereocenters. The molecule has 3 heteroatoms. The first kappa shape index (κ1) is 14.8. The summed E-state index contributed by atoms with van der Waals surface area (Å²) in [6.07, 6.45) is 6.76. The molecule has 1 N–H and O–H groups in total. The summed E-state index contributed by atoms with van der Waals surface area (Å²) in [6, 6.07) is 7.24. The number of aromatic nitrogens is 1. The van der Waals surface area contributed by atoms with Gasteiger partial charge < -0.3 is 5.32 Å². The van der Waals surface area contributed by atoms with Crippen LogP contribution in [-0.4, -0.2) is 11.0 Å². The van der Waals surface area contributed by atoms with E-state index in [1.54, 1.807) is 11.3 Å². The minimum absolute atomic E-state index is 0.639. The largest absolute Gasteiger partial charge is 0.382 e. The van der Waals surface area contributed by atoms with Gasteiger partial charge in [0.25, 0.3) is 0 Å². The quantitative estimate of drug-likeness (QED) is 0.744. The molecule has 0 aliphatic heterocycles. The number of benzene rings is 1. The Morgan fingerprint density at radius 2 is 2.05 bits per heavy atom. The topological polar surface area (TPSA) is 24.9 Å². The predicted octanol–water partition coefficient (Wildman–Crippen LogP) is 5.62. The fourth-order valence-corrected chi connectivity index (χ4v) is 4.37. The zero-order valence-corrected chi connectivity index (χ0v) is 14.2. The van der Waals surface area contributed by atoms with Crippen molar-refractivity contribution in [1.29, 1.82) is 0 Å². The maximum absolute atomic E-state index is 4.54. The highest BCUT2D eigenvalue weighted by molar-refractivity contribution is 7.18. The number of hydrogen-bond acceptors (Lipinski definition) is 3. The lowest BCUT2D eigenvalue weighted by molar-refractivity contribution is 0.341. The third kappa shape index (κ3) is 3.57. The molecule has 1 aliphatic carbocycles. The van der Waals surface area contributed by atoms with Gasteiger partial charge in [-0.15, -0.1) is 11.3 Å². The average molecular weight is 302 g/mol. The maximum atomic E-state index is 4.54. The molecule has 2 atom stereocenters. The van der Waals surface area contributed by atoms with Crippen LogP contribution >= 0.6 is 11.3 Å². The molecular weight excluding hydrogens is 276 g/mol. The van der Waals surface area contributed by atoms with Gasteiger partial charge >= 0.3 is 0 Å². The SMILES string of the molecule is Cc1nc2ccc(NC3CCCC(C(C)C)CC3)cc2s1. The van der Waals surface area contributed by atoms with Crippen molar-refractivity contribution in [2.75, 3.05) is 5.32 Å². The standard InChI is InChI=1S/C18H26N2S/c1-12(2)14-5-4-6-15(8-7-14)20-16-9-10-17-18(11-16)21-13(3)19-17/h9-12,14-15,20H,4-8H2,1-3H3. The van der Waals surface area contributed by atoms with Crippen molar-refractivity contribution >= 4 is 27.2 Å². The van der Waals surface area contributed by atoms with Gasteiger partial charge in [-0.05, 0) is 56.2 Å². The predicted molar refractivity (Wildman–Crippen MR) is 93.2 cm³/mol. The van der Waals surface area contributed by atoms with Gasteiger partial charge in [0.15, 0.2) is 0 Å². The molecule has 1 saturated carbocycles. The summed E-state index contributed by atoms with van der Waals surface area (Å²) in [5.41, 5.74) is 2.39. The van der Waals surface area contributed by atoms with Crippen LogP contribution in [0.4, 0.5) is 5.69 Å². The Morgan fingerprint density at radius 3 is 2.86 bits per heavy atom. The van der Waals surface area contributed by atoms with Crippen LogP contribution in [0.15, 0.2) is 18.2 Å². The van der Waals surface area contributed by atoms with E-state index < -0.39 is 0 Å². The van der Waals surface area contributed by atoms with E-state index in [1.807, 2.05) is 0 Å². The lowest BCUT2D eigenvalue weighted by atomic mass is 9.89. The third-order valence-corrected chi connectivity index (χ3v) is 5.76. The van der Waals surface area contributed by atoms with Crippen LogP contribution in [0.3, 0.4) is 0 Å². The first-order chi connectivity index (χ1) is 10.1. The molecule has 0 radical (unpaired) electrons. The van der Waals surface area contributed by atoms with E-state index in [2.05, 4.69) is 49.3 Å². The number of rotatable bonds is 3. The summed E-state index contributed by atoms with van der Waals surface area (Å²) in [6.45, 7) is 6.83. The van der Waals surface area contributed by atoms with E-state index in [9.17, 15) is 0 Å². The van der Waals surface area contributed by atoms with E-state index in [1.165, 1.54) is 42.5 Å². The molecular formula is C18H26N2S. The van der Waals surface area contributed by atoms with E-state index in [4.69, 9.17) is 0 Å². The van der Waals surface area contributed by atoms with Gasteiger partial charge in [-0.1, -0.05) is 26.7 Å². The number of fused-ring (bicyclic) bond motifs is 1. The molecule has 2 nitrogen and oxygen atoms in total. The van der Waals surface area contributed by atoms with E-state index in [-0.39, 0.29) is 0 Å². The Morgan fingerprint density at radius 1 is 1.19 bits per heavy atom. The van der Waals surface area contributed by atoms with Crippen molar-refractivity contribution in [1.82, 2.24) is 4.98 Å².